The van der Waals surface area contributed by atoms with Gasteiger partial charge in [-0.3, -0.25) is 4.90 Å². The van der Waals surface area contributed by atoms with Crippen molar-refractivity contribution in [2.45, 2.75) is 53.0 Å². The molecule has 0 bridgehead atoms. The molecular weight excluding hydrogens is 264 g/mol. The van der Waals surface area contributed by atoms with Crippen LogP contribution < -0.4 is 5.32 Å². The zero-order valence-corrected chi connectivity index (χ0v) is 13.8. The molecule has 1 aliphatic heterocycles. The molecule has 0 atom stereocenters. The summed E-state index contributed by atoms with van der Waals surface area (Å²) >= 11 is 0. The molecule has 1 aromatic heterocycles. The number of hydrogen-bond donors (Lipinski definition) is 1. The molecule has 5 nitrogen and oxygen atoms in total. The van der Waals surface area contributed by atoms with E-state index >= 15 is 0 Å². The van der Waals surface area contributed by atoms with Crippen molar-refractivity contribution < 1.29 is 4.52 Å². The predicted octanol–water partition coefficient (Wildman–Crippen LogP) is 2.48. The van der Waals surface area contributed by atoms with Crippen LogP contribution in [0.4, 0.5) is 0 Å². The Hall–Kier alpha value is -0.940. The summed E-state index contributed by atoms with van der Waals surface area (Å²) in [6.45, 7) is 11.9. The van der Waals surface area contributed by atoms with Crippen LogP contribution in [0.2, 0.25) is 0 Å². The quantitative estimate of drug-likeness (QED) is 0.798. The molecule has 1 fully saturated rings. The minimum Gasteiger partial charge on any atom is -0.338 e. The summed E-state index contributed by atoms with van der Waals surface area (Å²) in [5.41, 5.74) is 0. The largest absolute Gasteiger partial charge is 0.338 e. The van der Waals surface area contributed by atoms with Gasteiger partial charge in [-0.1, -0.05) is 25.9 Å². The molecule has 0 aromatic carbocycles. The molecule has 2 heterocycles. The van der Waals surface area contributed by atoms with Gasteiger partial charge in [0.1, 0.15) is 0 Å². The van der Waals surface area contributed by atoms with E-state index in [2.05, 4.69) is 41.1 Å². The summed E-state index contributed by atoms with van der Waals surface area (Å²) < 4.78 is 5.42. The highest BCUT2D eigenvalue weighted by Gasteiger charge is 2.18. The number of aromatic nitrogens is 2. The van der Waals surface area contributed by atoms with Crippen molar-refractivity contribution in [3.05, 3.63) is 11.7 Å². The second kappa shape index (κ2) is 8.49. The zero-order valence-electron chi connectivity index (χ0n) is 13.8. The Bertz CT molecular complexity index is 399. The molecule has 0 spiro atoms. The molecule has 2 rings (SSSR count). The lowest BCUT2D eigenvalue weighted by Crippen LogP contribution is -2.36. The average molecular weight is 294 g/mol. The van der Waals surface area contributed by atoms with Crippen LogP contribution in [0.25, 0.3) is 0 Å². The van der Waals surface area contributed by atoms with Gasteiger partial charge >= 0.3 is 0 Å². The molecule has 0 amide bonds. The van der Waals surface area contributed by atoms with Gasteiger partial charge in [0.25, 0.3) is 0 Å². The number of nitrogens with one attached hydrogen (secondary N) is 1. The zero-order chi connectivity index (χ0) is 15.1. The number of nitrogens with zero attached hydrogens (tertiary/aromatic N) is 3. The van der Waals surface area contributed by atoms with Crippen LogP contribution >= 0.6 is 0 Å². The predicted molar refractivity (Wildman–Crippen MR) is 84.0 cm³/mol. The second-order valence-corrected chi connectivity index (χ2v) is 6.63. The van der Waals surface area contributed by atoms with Gasteiger partial charge in [-0.05, 0) is 50.7 Å². The van der Waals surface area contributed by atoms with Gasteiger partial charge in [-0.15, -0.1) is 0 Å². The molecule has 21 heavy (non-hydrogen) atoms. The van der Waals surface area contributed by atoms with E-state index in [1.165, 1.54) is 12.8 Å². The van der Waals surface area contributed by atoms with E-state index in [1.54, 1.807) is 0 Å². The average Bonchev–Trinajstić information content (AvgIpc) is 2.86. The Labute approximate surface area is 128 Å². The van der Waals surface area contributed by atoms with Gasteiger partial charge in [-0.2, -0.15) is 4.98 Å². The van der Waals surface area contributed by atoms with E-state index in [9.17, 15) is 0 Å². The summed E-state index contributed by atoms with van der Waals surface area (Å²) in [7, 11) is 0. The van der Waals surface area contributed by atoms with E-state index in [1.807, 2.05) is 0 Å². The Kier molecular flexibility index (Phi) is 6.64. The van der Waals surface area contributed by atoms with Crippen molar-refractivity contribution >= 4 is 0 Å². The Balaban J connectivity index is 1.87. The maximum Gasteiger partial charge on any atom is 0.240 e. The summed E-state index contributed by atoms with van der Waals surface area (Å²) in [5.74, 6) is 2.99. The summed E-state index contributed by atoms with van der Waals surface area (Å²) in [6.07, 6.45) is 4.62. The van der Waals surface area contributed by atoms with Crippen LogP contribution in [0.15, 0.2) is 4.52 Å². The number of hydrogen-bond acceptors (Lipinski definition) is 5. The normalized spacial score (nSPS) is 17.0. The first-order valence-corrected chi connectivity index (χ1v) is 8.42. The Morgan fingerprint density at radius 2 is 2.10 bits per heavy atom. The minimum atomic E-state index is 0.567. The van der Waals surface area contributed by atoms with Crippen LogP contribution in [0.1, 0.15) is 51.7 Å². The number of piperidine rings is 1. The van der Waals surface area contributed by atoms with Crippen LogP contribution in [0, 0.1) is 11.8 Å². The first kappa shape index (κ1) is 16.4. The third kappa shape index (κ3) is 5.75. The van der Waals surface area contributed by atoms with Gasteiger partial charge in [0, 0.05) is 13.0 Å². The van der Waals surface area contributed by atoms with Crippen molar-refractivity contribution in [2.24, 2.45) is 11.8 Å². The van der Waals surface area contributed by atoms with Crippen molar-refractivity contribution in [1.29, 1.82) is 0 Å². The van der Waals surface area contributed by atoms with Crippen molar-refractivity contribution in [3.8, 4) is 0 Å². The SMILES string of the molecule is CCCN(Cc1nc(CC(C)C)no1)CC1CCNCC1. The lowest BCUT2D eigenvalue weighted by molar-refractivity contribution is 0.178. The highest BCUT2D eigenvalue weighted by atomic mass is 16.5. The van der Waals surface area contributed by atoms with Crippen molar-refractivity contribution in [2.75, 3.05) is 26.2 Å². The molecule has 5 heteroatoms. The molecular formula is C16H30N4O. The number of rotatable bonds is 8. The van der Waals surface area contributed by atoms with Gasteiger partial charge in [-0.25, -0.2) is 0 Å². The minimum absolute atomic E-state index is 0.567. The molecule has 1 aliphatic rings. The lowest BCUT2D eigenvalue weighted by Gasteiger charge is -2.29. The maximum absolute atomic E-state index is 5.42. The molecule has 0 radical (unpaired) electrons. The third-order valence-corrected chi connectivity index (χ3v) is 3.97. The maximum atomic E-state index is 5.42. The Morgan fingerprint density at radius 1 is 1.33 bits per heavy atom. The highest BCUT2D eigenvalue weighted by molar-refractivity contribution is 4.88. The first-order chi connectivity index (χ1) is 10.2. The molecule has 1 saturated heterocycles. The fourth-order valence-corrected chi connectivity index (χ4v) is 2.97. The van der Waals surface area contributed by atoms with E-state index in [-0.39, 0.29) is 0 Å². The van der Waals surface area contributed by atoms with E-state index in [0.29, 0.717) is 5.92 Å². The molecule has 1 aromatic rings. The summed E-state index contributed by atoms with van der Waals surface area (Å²) in [4.78, 5) is 7.01. The summed E-state index contributed by atoms with van der Waals surface area (Å²) in [6, 6.07) is 0. The molecule has 1 N–H and O–H groups in total. The van der Waals surface area contributed by atoms with Crippen molar-refractivity contribution in [1.82, 2.24) is 20.4 Å². The first-order valence-electron chi connectivity index (χ1n) is 8.42. The fraction of sp³-hybridized carbons (Fsp3) is 0.875. The second-order valence-electron chi connectivity index (χ2n) is 6.63. The van der Waals surface area contributed by atoms with Gasteiger partial charge in [0.2, 0.25) is 5.89 Å². The summed E-state index contributed by atoms with van der Waals surface area (Å²) in [5, 5.41) is 7.53. The molecule has 0 aliphatic carbocycles. The van der Waals surface area contributed by atoms with Crippen LogP contribution in [-0.4, -0.2) is 41.2 Å². The monoisotopic (exact) mass is 294 g/mol. The lowest BCUT2D eigenvalue weighted by atomic mass is 9.97. The molecule has 0 saturated carbocycles. The third-order valence-electron chi connectivity index (χ3n) is 3.97. The van der Waals surface area contributed by atoms with E-state index in [0.717, 1.165) is 63.2 Å². The van der Waals surface area contributed by atoms with Crippen LogP contribution in [0.5, 0.6) is 0 Å². The van der Waals surface area contributed by atoms with Crippen molar-refractivity contribution in [3.63, 3.8) is 0 Å². The van der Waals surface area contributed by atoms with Gasteiger partial charge < -0.3 is 9.84 Å². The smallest absolute Gasteiger partial charge is 0.240 e. The van der Waals surface area contributed by atoms with E-state index < -0.39 is 0 Å². The van der Waals surface area contributed by atoms with Gasteiger partial charge in [0.05, 0.1) is 6.54 Å². The van der Waals surface area contributed by atoms with E-state index in [4.69, 9.17) is 4.52 Å². The standard InChI is InChI=1S/C16H30N4O/c1-4-9-20(11-14-5-7-17-8-6-14)12-16-18-15(19-21-16)10-13(2)3/h13-14,17H,4-12H2,1-3H3. The fourth-order valence-electron chi connectivity index (χ4n) is 2.97. The van der Waals surface area contributed by atoms with Crippen LogP contribution in [-0.2, 0) is 13.0 Å². The van der Waals surface area contributed by atoms with Crippen LogP contribution in [0.3, 0.4) is 0 Å². The topological polar surface area (TPSA) is 54.2 Å². The Morgan fingerprint density at radius 3 is 2.76 bits per heavy atom. The molecule has 0 unspecified atom stereocenters. The molecule has 120 valence electrons. The highest BCUT2D eigenvalue weighted by Crippen LogP contribution is 2.15. The van der Waals surface area contributed by atoms with Gasteiger partial charge in [0.15, 0.2) is 5.82 Å².